The van der Waals surface area contributed by atoms with Crippen molar-refractivity contribution >= 4 is 40.2 Å². The largest absolute Gasteiger partial charge is 0.505 e. The molecule has 0 aliphatic carbocycles. The predicted octanol–water partition coefficient (Wildman–Crippen LogP) is 3.04. The van der Waals surface area contributed by atoms with Gasteiger partial charge in [-0.05, 0) is 59.0 Å². The van der Waals surface area contributed by atoms with Gasteiger partial charge in [-0.1, -0.05) is 6.07 Å². The molecule has 0 atom stereocenters. The molecule has 0 aromatic heterocycles. The fourth-order valence-electron chi connectivity index (χ4n) is 1.71. The third kappa shape index (κ3) is 3.52. The predicted molar refractivity (Wildman–Crippen MR) is 86.6 cm³/mol. The minimum absolute atomic E-state index is 0.00194. The van der Waals surface area contributed by atoms with E-state index in [1.54, 1.807) is 30.3 Å². The number of phenolic OH excluding ortho intramolecular Hbond substituents is 1. The summed E-state index contributed by atoms with van der Waals surface area (Å²) in [6.07, 6.45) is 0. The molecular formula is C15H12INO4. The monoisotopic (exact) mass is 397 g/mol. The molecule has 2 aromatic rings. The number of amides is 1. The first-order valence-corrected chi connectivity index (χ1v) is 7.08. The standard InChI is InChI=1S/C15H12INO4/c1-21-15(20)11-3-2-4-12(13(11)18)17-14(19)9-5-7-10(16)8-6-9/h2-8,18H,1H3,(H,17,19). The highest BCUT2D eigenvalue weighted by molar-refractivity contribution is 14.1. The molecule has 2 N–H and O–H groups in total. The lowest BCUT2D eigenvalue weighted by Crippen LogP contribution is -2.13. The lowest BCUT2D eigenvalue weighted by Gasteiger charge is -2.10. The SMILES string of the molecule is COC(=O)c1cccc(NC(=O)c2ccc(I)cc2)c1O. The maximum absolute atomic E-state index is 12.1. The minimum atomic E-state index is -0.669. The molecule has 0 radical (unpaired) electrons. The van der Waals surface area contributed by atoms with E-state index in [1.807, 2.05) is 0 Å². The molecule has 21 heavy (non-hydrogen) atoms. The van der Waals surface area contributed by atoms with Gasteiger partial charge in [-0.2, -0.15) is 0 Å². The van der Waals surface area contributed by atoms with Gasteiger partial charge in [-0.25, -0.2) is 4.79 Å². The highest BCUT2D eigenvalue weighted by atomic mass is 127. The number of aromatic hydroxyl groups is 1. The lowest BCUT2D eigenvalue weighted by molar-refractivity contribution is 0.0597. The van der Waals surface area contributed by atoms with Crippen molar-refractivity contribution in [2.24, 2.45) is 0 Å². The average molecular weight is 397 g/mol. The van der Waals surface area contributed by atoms with Crippen molar-refractivity contribution in [3.63, 3.8) is 0 Å². The third-order valence-corrected chi connectivity index (χ3v) is 3.52. The molecule has 2 aromatic carbocycles. The second kappa shape index (κ2) is 6.57. The normalized spacial score (nSPS) is 10.0. The van der Waals surface area contributed by atoms with Crippen LogP contribution in [0.4, 0.5) is 5.69 Å². The van der Waals surface area contributed by atoms with Gasteiger partial charge in [0.15, 0.2) is 5.75 Å². The first-order chi connectivity index (χ1) is 10.0. The van der Waals surface area contributed by atoms with Gasteiger partial charge in [-0.3, -0.25) is 4.79 Å². The summed E-state index contributed by atoms with van der Waals surface area (Å²) in [5.74, 6) is -1.36. The molecule has 5 nitrogen and oxygen atoms in total. The molecule has 0 heterocycles. The number of halogens is 1. The molecule has 6 heteroatoms. The summed E-state index contributed by atoms with van der Waals surface area (Å²) in [6.45, 7) is 0. The van der Waals surface area contributed by atoms with Crippen LogP contribution in [0.15, 0.2) is 42.5 Å². The number of phenols is 1. The number of esters is 1. The van der Waals surface area contributed by atoms with Gasteiger partial charge < -0.3 is 15.2 Å². The van der Waals surface area contributed by atoms with Crippen LogP contribution in [0.3, 0.4) is 0 Å². The van der Waals surface area contributed by atoms with E-state index in [2.05, 4.69) is 32.6 Å². The third-order valence-electron chi connectivity index (χ3n) is 2.80. The first-order valence-electron chi connectivity index (χ1n) is 6.00. The number of hydrogen-bond acceptors (Lipinski definition) is 4. The number of carbonyl (C=O) groups is 2. The van der Waals surface area contributed by atoms with E-state index >= 15 is 0 Å². The summed E-state index contributed by atoms with van der Waals surface area (Å²) in [5.41, 5.74) is 0.609. The van der Waals surface area contributed by atoms with Crippen molar-refractivity contribution in [3.8, 4) is 5.75 Å². The van der Waals surface area contributed by atoms with Gasteiger partial charge in [0.2, 0.25) is 0 Å². The maximum Gasteiger partial charge on any atom is 0.341 e. The molecule has 0 aliphatic rings. The summed E-state index contributed by atoms with van der Waals surface area (Å²) >= 11 is 2.14. The van der Waals surface area contributed by atoms with Gasteiger partial charge in [0, 0.05) is 9.13 Å². The van der Waals surface area contributed by atoms with Crippen molar-refractivity contribution in [3.05, 3.63) is 57.2 Å². The Morgan fingerprint density at radius 1 is 1.14 bits per heavy atom. The second-order valence-electron chi connectivity index (χ2n) is 4.15. The zero-order chi connectivity index (χ0) is 15.4. The van der Waals surface area contributed by atoms with Crippen LogP contribution >= 0.6 is 22.6 Å². The zero-order valence-corrected chi connectivity index (χ0v) is 13.2. The smallest absolute Gasteiger partial charge is 0.341 e. The molecule has 0 fully saturated rings. The summed E-state index contributed by atoms with van der Waals surface area (Å²) < 4.78 is 5.58. The molecule has 1 amide bonds. The molecular weight excluding hydrogens is 385 g/mol. The molecule has 0 saturated heterocycles. The van der Waals surface area contributed by atoms with E-state index in [4.69, 9.17) is 0 Å². The maximum atomic E-state index is 12.1. The Morgan fingerprint density at radius 2 is 1.81 bits per heavy atom. The van der Waals surface area contributed by atoms with E-state index in [9.17, 15) is 14.7 Å². The van der Waals surface area contributed by atoms with Crippen LogP contribution in [0.25, 0.3) is 0 Å². The number of benzene rings is 2. The van der Waals surface area contributed by atoms with Gasteiger partial charge >= 0.3 is 5.97 Å². The Labute approximate surface area is 135 Å². The van der Waals surface area contributed by atoms with Crippen LogP contribution < -0.4 is 5.32 Å². The van der Waals surface area contributed by atoms with Crippen molar-refractivity contribution in [1.29, 1.82) is 0 Å². The quantitative estimate of drug-likeness (QED) is 0.475. The number of anilines is 1. The van der Waals surface area contributed by atoms with Crippen molar-refractivity contribution in [1.82, 2.24) is 0 Å². The second-order valence-corrected chi connectivity index (χ2v) is 5.40. The Bertz CT molecular complexity index is 683. The zero-order valence-electron chi connectivity index (χ0n) is 11.1. The first kappa shape index (κ1) is 15.3. The summed E-state index contributed by atoms with van der Waals surface area (Å²) in [4.78, 5) is 23.6. The van der Waals surface area contributed by atoms with Crippen LogP contribution in [-0.2, 0) is 4.74 Å². The molecule has 0 unspecified atom stereocenters. The molecule has 0 bridgehead atoms. The number of rotatable bonds is 3. The van der Waals surface area contributed by atoms with Crippen LogP contribution in [0.1, 0.15) is 20.7 Å². The number of hydrogen-bond donors (Lipinski definition) is 2. The van der Waals surface area contributed by atoms with Crippen LogP contribution in [0.2, 0.25) is 0 Å². The molecule has 0 aliphatic heterocycles. The Balaban J connectivity index is 2.25. The average Bonchev–Trinajstić information content (AvgIpc) is 2.49. The summed E-state index contributed by atoms with van der Waals surface area (Å²) in [7, 11) is 1.22. The van der Waals surface area contributed by atoms with Crippen molar-refractivity contribution in [2.75, 3.05) is 12.4 Å². The summed E-state index contributed by atoms with van der Waals surface area (Å²) in [5, 5.41) is 12.6. The highest BCUT2D eigenvalue weighted by Crippen LogP contribution is 2.28. The number of methoxy groups -OCH3 is 1. The topological polar surface area (TPSA) is 75.6 Å². The van der Waals surface area contributed by atoms with E-state index in [0.29, 0.717) is 5.56 Å². The van der Waals surface area contributed by atoms with Crippen LogP contribution in [0.5, 0.6) is 5.75 Å². The number of nitrogens with one attached hydrogen (secondary N) is 1. The van der Waals surface area contributed by atoms with Gasteiger partial charge in [0.05, 0.1) is 12.8 Å². The molecule has 108 valence electrons. The van der Waals surface area contributed by atoms with E-state index < -0.39 is 5.97 Å². The Morgan fingerprint density at radius 3 is 2.43 bits per heavy atom. The van der Waals surface area contributed by atoms with Crippen molar-refractivity contribution in [2.45, 2.75) is 0 Å². The lowest BCUT2D eigenvalue weighted by atomic mass is 10.1. The Kier molecular flexibility index (Phi) is 4.79. The van der Waals surface area contributed by atoms with Gasteiger partial charge in [0.1, 0.15) is 5.56 Å². The minimum Gasteiger partial charge on any atom is -0.505 e. The van der Waals surface area contributed by atoms with Crippen LogP contribution in [-0.4, -0.2) is 24.1 Å². The van der Waals surface area contributed by atoms with E-state index in [-0.39, 0.29) is 22.9 Å². The summed E-state index contributed by atoms with van der Waals surface area (Å²) in [6, 6.07) is 11.4. The van der Waals surface area contributed by atoms with Gasteiger partial charge in [-0.15, -0.1) is 0 Å². The Hall–Kier alpha value is -2.09. The number of ether oxygens (including phenoxy) is 1. The fourth-order valence-corrected chi connectivity index (χ4v) is 2.07. The van der Waals surface area contributed by atoms with E-state index in [0.717, 1.165) is 3.57 Å². The van der Waals surface area contributed by atoms with Gasteiger partial charge in [0.25, 0.3) is 5.91 Å². The fraction of sp³-hybridized carbons (Fsp3) is 0.0667. The number of carbonyl (C=O) groups excluding carboxylic acids is 2. The van der Waals surface area contributed by atoms with E-state index in [1.165, 1.54) is 19.2 Å². The van der Waals surface area contributed by atoms with Crippen LogP contribution in [0, 0.1) is 3.57 Å². The number of para-hydroxylation sites is 1. The molecule has 0 saturated carbocycles. The molecule has 2 rings (SSSR count). The highest BCUT2D eigenvalue weighted by Gasteiger charge is 2.16. The van der Waals surface area contributed by atoms with Crippen molar-refractivity contribution < 1.29 is 19.4 Å². The molecule has 0 spiro atoms.